The fourth-order valence-corrected chi connectivity index (χ4v) is 1.61. The second-order valence-corrected chi connectivity index (χ2v) is 3.37. The Hall–Kier alpha value is -1.45. The fourth-order valence-electron chi connectivity index (χ4n) is 1.61. The van der Waals surface area contributed by atoms with Gasteiger partial charge in [-0.1, -0.05) is 6.07 Å². The first-order chi connectivity index (χ1) is 6.61. The summed E-state index contributed by atoms with van der Waals surface area (Å²) in [6, 6.07) is 2.53. The van der Waals surface area contributed by atoms with E-state index in [2.05, 4.69) is 0 Å². The standard InChI is InChI=1S/C10H9F2NO/c1-13-5-4-6-2-3-7(11)9(12)8(6)10(13)14/h2-3H,4-5H2,1H3. The number of hydrogen-bond donors (Lipinski definition) is 0. The summed E-state index contributed by atoms with van der Waals surface area (Å²) in [7, 11) is 1.58. The van der Waals surface area contributed by atoms with E-state index in [0.717, 1.165) is 6.07 Å². The Morgan fingerprint density at radius 3 is 2.79 bits per heavy atom. The monoisotopic (exact) mass is 197 g/mol. The third kappa shape index (κ3) is 1.18. The molecular weight excluding hydrogens is 188 g/mol. The van der Waals surface area contributed by atoms with Gasteiger partial charge in [0.1, 0.15) is 0 Å². The van der Waals surface area contributed by atoms with Gasteiger partial charge in [0.25, 0.3) is 5.91 Å². The highest BCUT2D eigenvalue weighted by atomic mass is 19.2. The van der Waals surface area contributed by atoms with Crippen molar-refractivity contribution in [1.29, 1.82) is 0 Å². The summed E-state index contributed by atoms with van der Waals surface area (Å²) in [5.41, 5.74) is 0.478. The molecule has 1 aliphatic rings. The van der Waals surface area contributed by atoms with E-state index in [-0.39, 0.29) is 5.56 Å². The third-order valence-corrected chi connectivity index (χ3v) is 2.46. The van der Waals surface area contributed by atoms with Gasteiger partial charge < -0.3 is 4.90 Å². The molecule has 0 atom stereocenters. The maximum absolute atomic E-state index is 13.3. The molecule has 0 spiro atoms. The van der Waals surface area contributed by atoms with Crippen LogP contribution in [0.15, 0.2) is 12.1 Å². The molecule has 1 amide bonds. The molecule has 0 unspecified atom stereocenters. The van der Waals surface area contributed by atoms with Gasteiger partial charge >= 0.3 is 0 Å². The SMILES string of the molecule is CN1CCc2ccc(F)c(F)c2C1=O. The maximum Gasteiger partial charge on any atom is 0.256 e. The molecule has 0 radical (unpaired) electrons. The number of carbonyl (C=O) groups is 1. The van der Waals surface area contributed by atoms with Gasteiger partial charge in [-0.3, -0.25) is 4.79 Å². The van der Waals surface area contributed by atoms with E-state index in [4.69, 9.17) is 0 Å². The second-order valence-electron chi connectivity index (χ2n) is 3.37. The lowest BCUT2D eigenvalue weighted by Crippen LogP contribution is -2.35. The van der Waals surface area contributed by atoms with E-state index in [1.165, 1.54) is 11.0 Å². The molecule has 1 heterocycles. The molecule has 2 nitrogen and oxygen atoms in total. The predicted molar refractivity (Wildman–Crippen MR) is 47.0 cm³/mol. The number of rotatable bonds is 0. The van der Waals surface area contributed by atoms with Crippen LogP contribution in [0.25, 0.3) is 0 Å². The van der Waals surface area contributed by atoms with Crippen LogP contribution in [0.3, 0.4) is 0 Å². The minimum Gasteiger partial charge on any atom is -0.341 e. The fraction of sp³-hybridized carbons (Fsp3) is 0.300. The number of carbonyl (C=O) groups excluding carboxylic acids is 1. The molecule has 0 fully saturated rings. The maximum atomic E-state index is 13.3. The van der Waals surface area contributed by atoms with Gasteiger partial charge in [-0.2, -0.15) is 0 Å². The van der Waals surface area contributed by atoms with Crippen molar-refractivity contribution in [3.8, 4) is 0 Å². The molecular formula is C10H9F2NO. The normalized spacial score (nSPS) is 15.6. The summed E-state index contributed by atoms with van der Waals surface area (Å²) < 4.78 is 26.1. The first kappa shape index (κ1) is 9.12. The van der Waals surface area contributed by atoms with Crippen molar-refractivity contribution in [2.75, 3.05) is 13.6 Å². The topological polar surface area (TPSA) is 20.3 Å². The lowest BCUT2D eigenvalue weighted by Gasteiger charge is -2.24. The zero-order valence-electron chi connectivity index (χ0n) is 7.68. The summed E-state index contributed by atoms with van der Waals surface area (Å²) in [6.45, 7) is 0.552. The van der Waals surface area contributed by atoms with Crippen molar-refractivity contribution < 1.29 is 13.6 Å². The molecule has 1 aromatic carbocycles. The molecule has 1 aliphatic heterocycles. The molecule has 0 aromatic heterocycles. The largest absolute Gasteiger partial charge is 0.341 e. The molecule has 74 valence electrons. The number of amides is 1. The zero-order chi connectivity index (χ0) is 10.3. The number of nitrogens with zero attached hydrogens (tertiary/aromatic N) is 1. The van der Waals surface area contributed by atoms with Crippen LogP contribution in [0.5, 0.6) is 0 Å². The average Bonchev–Trinajstić information content (AvgIpc) is 2.17. The average molecular weight is 197 g/mol. The van der Waals surface area contributed by atoms with Gasteiger partial charge in [0.2, 0.25) is 0 Å². The van der Waals surface area contributed by atoms with Crippen molar-refractivity contribution in [3.05, 3.63) is 34.9 Å². The molecule has 4 heteroatoms. The second kappa shape index (κ2) is 3.04. The van der Waals surface area contributed by atoms with E-state index in [9.17, 15) is 13.6 Å². The van der Waals surface area contributed by atoms with Crippen molar-refractivity contribution in [3.63, 3.8) is 0 Å². The van der Waals surface area contributed by atoms with Crippen molar-refractivity contribution in [2.45, 2.75) is 6.42 Å². The number of fused-ring (bicyclic) bond motifs is 1. The Morgan fingerprint density at radius 1 is 1.36 bits per heavy atom. The van der Waals surface area contributed by atoms with E-state index in [1.807, 2.05) is 0 Å². The van der Waals surface area contributed by atoms with Gasteiger partial charge in [0, 0.05) is 13.6 Å². The van der Waals surface area contributed by atoms with Gasteiger partial charge in [-0.25, -0.2) is 8.78 Å². The van der Waals surface area contributed by atoms with Crippen LogP contribution in [-0.4, -0.2) is 24.4 Å². The number of likely N-dealkylation sites (N-methyl/N-ethyl adjacent to an activating group) is 1. The van der Waals surface area contributed by atoms with E-state index >= 15 is 0 Å². The van der Waals surface area contributed by atoms with Gasteiger partial charge in [-0.05, 0) is 18.1 Å². The van der Waals surface area contributed by atoms with Gasteiger partial charge in [-0.15, -0.1) is 0 Å². The summed E-state index contributed by atoms with van der Waals surface area (Å²) >= 11 is 0. The van der Waals surface area contributed by atoms with Crippen molar-refractivity contribution in [1.82, 2.24) is 4.90 Å². The molecule has 0 bridgehead atoms. The van der Waals surface area contributed by atoms with Crippen LogP contribution in [0.4, 0.5) is 8.78 Å². The lowest BCUT2D eigenvalue weighted by molar-refractivity contribution is 0.0774. The Morgan fingerprint density at radius 2 is 2.07 bits per heavy atom. The Kier molecular flexibility index (Phi) is 1.98. The van der Waals surface area contributed by atoms with Crippen LogP contribution in [0.2, 0.25) is 0 Å². The molecule has 0 saturated carbocycles. The van der Waals surface area contributed by atoms with E-state index in [1.54, 1.807) is 7.05 Å². The van der Waals surface area contributed by atoms with Gasteiger partial charge in [0.15, 0.2) is 11.6 Å². The molecule has 0 N–H and O–H groups in total. The highest BCUT2D eigenvalue weighted by Crippen LogP contribution is 2.22. The molecule has 0 saturated heterocycles. The van der Waals surface area contributed by atoms with Crippen molar-refractivity contribution in [2.24, 2.45) is 0 Å². The summed E-state index contributed by atoms with van der Waals surface area (Å²) in [5, 5.41) is 0. The first-order valence-corrected chi connectivity index (χ1v) is 4.33. The molecule has 1 aromatic rings. The smallest absolute Gasteiger partial charge is 0.256 e. The van der Waals surface area contributed by atoms with E-state index < -0.39 is 17.5 Å². The molecule has 2 rings (SSSR count). The lowest BCUT2D eigenvalue weighted by atomic mass is 9.99. The summed E-state index contributed by atoms with van der Waals surface area (Å²) in [5.74, 6) is -2.44. The van der Waals surface area contributed by atoms with Gasteiger partial charge in [0.05, 0.1) is 5.56 Å². The Bertz CT molecular complexity index is 403. The predicted octanol–water partition coefficient (Wildman–Crippen LogP) is 1.59. The van der Waals surface area contributed by atoms with Crippen molar-refractivity contribution >= 4 is 5.91 Å². The molecule has 14 heavy (non-hydrogen) atoms. The third-order valence-electron chi connectivity index (χ3n) is 2.46. The molecule has 0 aliphatic carbocycles. The first-order valence-electron chi connectivity index (χ1n) is 4.33. The van der Waals surface area contributed by atoms with Crippen LogP contribution in [0, 0.1) is 11.6 Å². The quantitative estimate of drug-likeness (QED) is 0.618. The Labute approximate surface area is 80.1 Å². The minimum atomic E-state index is -1.03. The summed E-state index contributed by atoms with van der Waals surface area (Å²) in [6.07, 6.45) is 0.578. The van der Waals surface area contributed by atoms with E-state index in [0.29, 0.717) is 18.5 Å². The zero-order valence-corrected chi connectivity index (χ0v) is 7.68. The Balaban J connectivity index is 2.62. The van der Waals surface area contributed by atoms with Crippen LogP contribution in [0.1, 0.15) is 15.9 Å². The highest BCUT2D eigenvalue weighted by molar-refractivity contribution is 5.96. The summed E-state index contributed by atoms with van der Waals surface area (Å²) in [4.78, 5) is 12.9. The van der Waals surface area contributed by atoms with Crippen LogP contribution < -0.4 is 0 Å². The van der Waals surface area contributed by atoms with Crippen LogP contribution in [-0.2, 0) is 6.42 Å². The minimum absolute atomic E-state index is 0.112. The number of halogens is 2. The van der Waals surface area contributed by atoms with Crippen LogP contribution >= 0.6 is 0 Å². The number of benzene rings is 1. The number of hydrogen-bond acceptors (Lipinski definition) is 1. The highest BCUT2D eigenvalue weighted by Gasteiger charge is 2.26.